The van der Waals surface area contributed by atoms with Crippen molar-refractivity contribution >= 4 is 30.4 Å². The summed E-state index contributed by atoms with van der Waals surface area (Å²) < 4.78 is 78.0. The molecule has 0 N–H and O–H groups in total. The highest BCUT2D eigenvalue weighted by Crippen LogP contribution is 2.59. The molecule has 0 unspecified atom stereocenters. The van der Waals surface area contributed by atoms with E-state index < -0.39 is 14.5 Å². The maximum Gasteiger partial charge on any atom is 1.00 e. The van der Waals surface area contributed by atoms with Gasteiger partial charge in [0.25, 0.3) is 0 Å². The predicted molar refractivity (Wildman–Crippen MR) is 158 cm³/mol. The van der Waals surface area contributed by atoms with Gasteiger partial charge in [0.05, 0.1) is 0 Å². The molecule has 232 valence electrons. The van der Waals surface area contributed by atoms with E-state index in [0.717, 1.165) is 0 Å². The summed E-state index contributed by atoms with van der Waals surface area (Å²) in [5.41, 5.74) is 4.71. The fraction of sp³-hybridized carbons (Fsp3) is 1.00. The standard InChI is InChI=1S/C27H50P2.2BF4/c1-5-14-24(15-6-1)28(25-16-7-2-8-17-25)22-13-23-29(26-18-9-3-10-19-26)27-20-11-4-12-21-27;2*2-1(3,4)5/h24-27H,1-23H2;;/q;2*-1/p+2. The molecule has 4 fully saturated rings. The molecule has 4 aliphatic rings. The Labute approximate surface area is 237 Å². The number of hydrogen-bond acceptors (Lipinski definition) is 0. The number of rotatable bonds is 8. The minimum Gasteiger partial charge on any atom is -0.418 e. The van der Waals surface area contributed by atoms with Gasteiger partial charge in [-0.1, -0.05) is 77.0 Å². The second kappa shape index (κ2) is 18.9. The first kappa shape index (κ1) is 35.6. The van der Waals surface area contributed by atoms with Crippen LogP contribution >= 0.6 is 15.8 Å². The Morgan fingerprint density at radius 3 is 0.744 bits per heavy atom. The first-order chi connectivity index (χ1) is 18.4. The average molecular weight is 612 g/mol. The number of hydrogen-bond donors (Lipinski definition) is 0. The van der Waals surface area contributed by atoms with Gasteiger partial charge in [-0.3, -0.25) is 0 Å². The maximum atomic E-state index is 9.75. The molecule has 0 bridgehead atoms. The SMILES string of the molecule is C1CCC(P(CCCP(C2CCCCC2)C2CCCCC2)C2CCCCC2)CC1.F[B-](F)(F)F.F[B-](F)(F)F.[H+].[H+]. The monoisotopic (exact) mass is 612 g/mol. The minimum absolute atomic E-state index is 0. The van der Waals surface area contributed by atoms with Crippen molar-refractivity contribution in [3.63, 3.8) is 0 Å². The average Bonchev–Trinajstić information content (AvgIpc) is 2.89. The summed E-state index contributed by atoms with van der Waals surface area (Å²) in [6.45, 7) is 0. The molecule has 4 rings (SSSR count). The Hall–Kier alpha value is 0.430. The molecule has 39 heavy (non-hydrogen) atoms. The van der Waals surface area contributed by atoms with Crippen LogP contribution in [0.4, 0.5) is 34.5 Å². The quantitative estimate of drug-likeness (QED) is 0.145. The molecule has 0 aromatic carbocycles. The van der Waals surface area contributed by atoms with Gasteiger partial charge in [-0.05, 0) is 92.7 Å². The van der Waals surface area contributed by atoms with Crippen molar-refractivity contribution < 1.29 is 37.4 Å². The molecule has 0 saturated heterocycles. The molecular formula is C27H52B2F8P2. The van der Waals surface area contributed by atoms with Gasteiger partial charge >= 0.3 is 17.4 Å². The topological polar surface area (TPSA) is 0 Å². The van der Waals surface area contributed by atoms with E-state index >= 15 is 0 Å². The molecule has 0 aromatic heterocycles. The zero-order valence-corrected chi connectivity index (χ0v) is 25.4. The van der Waals surface area contributed by atoms with Crippen molar-refractivity contribution in [1.82, 2.24) is 0 Å². The second-order valence-electron chi connectivity index (χ2n) is 12.0. The molecular weight excluding hydrogens is 560 g/mol. The Balaban J connectivity index is 0.00000116. The Bertz CT molecular complexity index is 525. The smallest absolute Gasteiger partial charge is 0.418 e. The summed E-state index contributed by atoms with van der Waals surface area (Å²) in [7, 11) is -11.3. The van der Waals surface area contributed by atoms with E-state index in [1.54, 1.807) is 147 Å². The Kier molecular flexibility index (Phi) is 17.2. The summed E-state index contributed by atoms with van der Waals surface area (Å²) in [6.07, 6.45) is 36.6. The van der Waals surface area contributed by atoms with Gasteiger partial charge in [0.15, 0.2) is 0 Å². The lowest BCUT2D eigenvalue weighted by Crippen LogP contribution is -2.24. The van der Waals surface area contributed by atoms with E-state index in [9.17, 15) is 34.5 Å². The lowest BCUT2D eigenvalue weighted by Gasteiger charge is -2.41. The third kappa shape index (κ3) is 17.2. The van der Waals surface area contributed by atoms with Gasteiger partial charge in [-0.2, -0.15) is 0 Å². The molecule has 0 atom stereocenters. The molecule has 4 aliphatic carbocycles. The summed E-state index contributed by atoms with van der Waals surface area (Å²) in [5.74, 6) is 0. The molecule has 0 heterocycles. The van der Waals surface area contributed by atoms with Crippen molar-refractivity contribution in [3.05, 3.63) is 0 Å². The lowest BCUT2D eigenvalue weighted by atomic mass is 9.99. The van der Waals surface area contributed by atoms with Gasteiger partial charge in [0, 0.05) is 0 Å². The van der Waals surface area contributed by atoms with Crippen LogP contribution in [0, 0.1) is 0 Å². The molecule has 12 heteroatoms. The maximum absolute atomic E-state index is 9.75. The van der Waals surface area contributed by atoms with Gasteiger partial charge in [0.1, 0.15) is 0 Å². The van der Waals surface area contributed by atoms with E-state index in [2.05, 4.69) is 0 Å². The molecule has 0 radical (unpaired) electrons. The van der Waals surface area contributed by atoms with Gasteiger partial charge < -0.3 is 34.5 Å². The van der Waals surface area contributed by atoms with Gasteiger partial charge in [-0.15, -0.1) is 15.8 Å². The molecule has 0 spiro atoms. The Morgan fingerprint density at radius 1 is 0.385 bits per heavy atom. The van der Waals surface area contributed by atoms with Crippen molar-refractivity contribution in [3.8, 4) is 0 Å². The van der Waals surface area contributed by atoms with E-state index in [1.165, 1.54) is 22.6 Å². The molecule has 0 amide bonds. The van der Waals surface area contributed by atoms with Crippen LogP contribution in [0.1, 0.15) is 138 Å². The van der Waals surface area contributed by atoms with Crippen LogP contribution in [-0.4, -0.2) is 49.5 Å². The summed E-state index contributed by atoms with van der Waals surface area (Å²) in [6, 6.07) is 0. The van der Waals surface area contributed by atoms with E-state index in [1.807, 2.05) is 0 Å². The third-order valence-electron chi connectivity index (χ3n) is 9.01. The summed E-state index contributed by atoms with van der Waals surface area (Å²) in [4.78, 5) is 0. The van der Waals surface area contributed by atoms with Gasteiger partial charge in [0.2, 0.25) is 0 Å². The van der Waals surface area contributed by atoms with Crippen molar-refractivity contribution in [2.45, 2.75) is 157 Å². The van der Waals surface area contributed by atoms with E-state index in [0.29, 0.717) is 15.8 Å². The third-order valence-corrected chi connectivity index (χ3v) is 16.5. The van der Waals surface area contributed by atoms with E-state index in [4.69, 9.17) is 0 Å². The summed E-state index contributed by atoms with van der Waals surface area (Å²) in [5, 5.41) is 0. The first-order valence-corrected chi connectivity index (χ1v) is 19.0. The zero-order valence-electron chi connectivity index (χ0n) is 25.6. The minimum atomic E-state index is -6.00. The van der Waals surface area contributed by atoms with E-state index in [-0.39, 0.29) is 2.85 Å². The number of halogens is 8. The molecule has 0 aliphatic heterocycles. The lowest BCUT2D eigenvalue weighted by molar-refractivity contribution is 0.366. The fourth-order valence-corrected chi connectivity index (χ4v) is 15.5. The van der Waals surface area contributed by atoms with Crippen LogP contribution in [0.15, 0.2) is 0 Å². The molecule has 0 aromatic rings. The van der Waals surface area contributed by atoms with Crippen LogP contribution in [0.2, 0.25) is 0 Å². The fourth-order valence-electron chi connectivity index (χ4n) is 7.41. The van der Waals surface area contributed by atoms with Crippen molar-refractivity contribution in [1.29, 1.82) is 0 Å². The normalized spacial score (nSPS) is 23.2. The van der Waals surface area contributed by atoms with Crippen molar-refractivity contribution in [2.75, 3.05) is 12.3 Å². The highest BCUT2D eigenvalue weighted by Gasteiger charge is 2.33. The summed E-state index contributed by atoms with van der Waals surface area (Å²) >= 11 is 0. The first-order valence-electron chi connectivity index (χ1n) is 15.7. The van der Waals surface area contributed by atoms with Gasteiger partial charge in [-0.25, -0.2) is 0 Å². The van der Waals surface area contributed by atoms with Crippen LogP contribution < -0.4 is 0 Å². The highest BCUT2D eigenvalue weighted by atomic mass is 31.1. The molecule has 4 saturated carbocycles. The highest BCUT2D eigenvalue weighted by molar-refractivity contribution is 7.60. The largest absolute Gasteiger partial charge is 1.00 e. The van der Waals surface area contributed by atoms with Crippen LogP contribution in [0.3, 0.4) is 0 Å². The Morgan fingerprint density at radius 2 is 0.564 bits per heavy atom. The van der Waals surface area contributed by atoms with Crippen LogP contribution in [-0.2, 0) is 0 Å². The van der Waals surface area contributed by atoms with Crippen molar-refractivity contribution in [2.24, 2.45) is 0 Å². The van der Waals surface area contributed by atoms with Crippen LogP contribution in [0.25, 0.3) is 0 Å². The molecule has 0 nitrogen and oxygen atoms in total. The second-order valence-corrected chi connectivity index (χ2v) is 17.9. The zero-order chi connectivity index (χ0) is 28.7. The van der Waals surface area contributed by atoms with Crippen LogP contribution in [0.5, 0.6) is 0 Å². The predicted octanol–water partition coefficient (Wildman–Crippen LogP) is 12.5.